The lowest BCUT2D eigenvalue weighted by Crippen LogP contribution is -2.43. The van der Waals surface area contributed by atoms with Gasteiger partial charge in [-0.05, 0) is 55.0 Å². The lowest BCUT2D eigenvalue weighted by molar-refractivity contribution is 0.0944. The summed E-state index contributed by atoms with van der Waals surface area (Å²) < 4.78 is 0. The summed E-state index contributed by atoms with van der Waals surface area (Å²) in [6, 6.07) is 14.3. The quantitative estimate of drug-likeness (QED) is 0.587. The molecular weight excluding hydrogens is 306 g/mol. The number of anilines is 1. The highest BCUT2D eigenvalue weighted by atomic mass is 35.5. The topological polar surface area (TPSA) is 53.2 Å². The minimum absolute atomic E-state index is 0.257. The van der Waals surface area contributed by atoms with Crippen molar-refractivity contribution in [2.75, 3.05) is 5.32 Å². The van der Waals surface area contributed by atoms with Gasteiger partial charge in [0.1, 0.15) is 0 Å². The van der Waals surface area contributed by atoms with Gasteiger partial charge >= 0.3 is 0 Å². The fourth-order valence-corrected chi connectivity index (χ4v) is 2.08. The zero-order valence-corrected chi connectivity index (χ0v) is 12.9. The third-order valence-electron chi connectivity index (χ3n) is 2.76. The zero-order chi connectivity index (χ0) is 15.2. The molecule has 0 aliphatic carbocycles. The first-order valence-corrected chi connectivity index (χ1v) is 7.03. The molecule has 0 aliphatic heterocycles. The lowest BCUT2D eigenvalue weighted by Gasteiger charge is -2.13. The van der Waals surface area contributed by atoms with E-state index in [1.54, 1.807) is 30.3 Å². The smallest absolute Gasteiger partial charge is 0.269 e. The van der Waals surface area contributed by atoms with Crippen LogP contribution in [0.5, 0.6) is 0 Å². The molecule has 0 radical (unpaired) electrons. The molecule has 0 bridgehead atoms. The van der Waals surface area contributed by atoms with Crippen molar-refractivity contribution < 1.29 is 4.79 Å². The predicted molar refractivity (Wildman–Crippen MR) is 89.5 cm³/mol. The maximum atomic E-state index is 11.8. The van der Waals surface area contributed by atoms with Crippen molar-refractivity contribution in [2.24, 2.45) is 0 Å². The molecule has 0 atom stereocenters. The number of hydrogen-bond acceptors (Lipinski definition) is 2. The Hall–Kier alpha value is -2.11. The molecule has 0 saturated carbocycles. The van der Waals surface area contributed by atoms with E-state index >= 15 is 0 Å². The number of aryl methyl sites for hydroxylation is 1. The van der Waals surface area contributed by atoms with E-state index < -0.39 is 0 Å². The van der Waals surface area contributed by atoms with Crippen LogP contribution in [0.4, 0.5) is 5.69 Å². The summed E-state index contributed by atoms with van der Waals surface area (Å²) in [7, 11) is 0. The minimum Gasteiger partial charge on any atom is -0.331 e. The van der Waals surface area contributed by atoms with Crippen molar-refractivity contribution in [3.05, 3.63) is 64.7 Å². The van der Waals surface area contributed by atoms with Crippen LogP contribution in [0.25, 0.3) is 0 Å². The Morgan fingerprint density at radius 3 is 2.48 bits per heavy atom. The van der Waals surface area contributed by atoms with Crippen molar-refractivity contribution >= 4 is 40.5 Å². The van der Waals surface area contributed by atoms with Crippen LogP contribution in [0.15, 0.2) is 48.5 Å². The highest BCUT2D eigenvalue weighted by Gasteiger charge is 2.05. The Morgan fingerprint density at radius 1 is 1.10 bits per heavy atom. The Balaban J connectivity index is 1.89. The highest BCUT2D eigenvalue weighted by Crippen LogP contribution is 2.19. The molecule has 108 valence electrons. The Morgan fingerprint density at radius 2 is 1.81 bits per heavy atom. The summed E-state index contributed by atoms with van der Waals surface area (Å²) in [6.07, 6.45) is 0. The van der Waals surface area contributed by atoms with Crippen molar-refractivity contribution in [1.29, 1.82) is 0 Å². The fraction of sp³-hybridized carbons (Fsp3) is 0.0667. The van der Waals surface area contributed by atoms with E-state index in [2.05, 4.69) is 16.2 Å². The highest BCUT2D eigenvalue weighted by molar-refractivity contribution is 7.80. The largest absolute Gasteiger partial charge is 0.331 e. The van der Waals surface area contributed by atoms with Crippen LogP contribution in [0.1, 0.15) is 15.9 Å². The number of carbonyl (C=O) groups excluding carboxylic acids is 1. The summed E-state index contributed by atoms with van der Waals surface area (Å²) in [4.78, 5) is 11.8. The molecule has 0 heterocycles. The van der Waals surface area contributed by atoms with Gasteiger partial charge in [-0.3, -0.25) is 15.6 Å². The van der Waals surface area contributed by atoms with Gasteiger partial charge in [-0.15, -0.1) is 0 Å². The van der Waals surface area contributed by atoms with Gasteiger partial charge in [0, 0.05) is 16.3 Å². The number of amides is 1. The normalized spacial score (nSPS) is 9.81. The van der Waals surface area contributed by atoms with Crippen molar-refractivity contribution in [2.45, 2.75) is 6.92 Å². The van der Waals surface area contributed by atoms with Crippen LogP contribution in [-0.2, 0) is 0 Å². The van der Waals surface area contributed by atoms with Gasteiger partial charge in [-0.1, -0.05) is 29.8 Å². The number of thiocarbonyl (C=S) groups is 1. The van der Waals surface area contributed by atoms with E-state index in [0.29, 0.717) is 15.7 Å². The maximum Gasteiger partial charge on any atom is 0.269 e. The van der Waals surface area contributed by atoms with Crippen molar-refractivity contribution in [3.8, 4) is 0 Å². The number of rotatable bonds is 2. The summed E-state index contributed by atoms with van der Waals surface area (Å²) in [5.74, 6) is -0.257. The van der Waals surface area contributed by atoms with Gasteiger partial charge < -0.3 is 5.32 Å². The summed E-state index contributed by atoms with van der Waals surface area (Å²) in [5.41, 5.74) is 7.53. The molecule has 0 aromatic heterocycles. The van der Waals surface area contributed by atoms with Crippen LogP contribution in [0.2, 0.25) is 5.02 Å². The average molecular weight is 320 g/mol. The Kier molecular flexibility index (Phi) is 5.14. The maximum absolute atomic E-state index is 11.8. The molecule has 21 heavy (non-hydrogen) atoms. The Labute approximate surface area is 133 Å². The van der Waals surface area contributed by atoms with E-state index in [4.69, 9.17) is 23.8 Å². The van der Waals surface area contributed by atoms with E-state index in [1.165, 1.54) is 0 Å². The molecule has 1 amide bonds. The van der Waals surface area contributed by atoms with Crippen molar-refractivity contribution in [1.82, 2.24) is 10.9 Å². The van der Waals surface area contributed by atoms with Gasteiger partial charge in [0.05, 0.1) is 0 Å². The molecular formula is C15H14ClN3OS. The van der Waals surface area contributed by atoms with Gasteiger partial charge in [0.15, 0.2) is 5.11 Å². The monoisotopic (exact) mass is 319 g/mol. The number of halogens is 1. The number of benzene rings is 2. The summed E-state index contributed by atoms with van der Waals surface area (Å²) >= 11 is 11.0. The lowest BCUT2D eigenvalue weighted by atomic mass is 10.2. The second-order valence-corrected chi connectivity index (χ2v) is 5.20. The molecule has 2 aromatic rings. The van der Waals surface area contributed by atoms with Crippen LogP contribution < -0.4 is 16.2 Å². The van der Waals surface area contributed by atoms with Gasteiger partial charge in [0.25, 0.3) is 5.91 Å². The second kappa shape index (κ2) is 7.06. The van der Waals surface area contributed by atoms with Crippen LogP contribution in [0.3, 0.4) is 0 Å². The third kappa shape index (κ3) is 4.44. The molecule has 3 N–H and O–H groups in total. The van der Waals surface area contributed by atoms with Crippen molar-refractivity contribution in [3.63, 3.8) is 0 Å². The van der Waals surface area contributed by atoms with Gasteiger partial charge in [-0.2, -0.15) is 0 Å². The molecule has 2 rings (SSSR count). The summed E-state index contributed by atoms with van der Waals surface area (Å²) in [6.45, 7) is 1.92. The number of hydrazine groups is 1. The molecule has 0 aliphatic rings. The van der Waals surface area contributed by atoms with E-state index in [1.807, 2.05) is 25.1 Å². The first-order chi connectivity index (χ1) is 10.1. The minimum atomic E-state index is -0.257. The van der Waals surface area contributed by atoms with Crippen LogP contribution >= 0.6 is 23.8 Å². The average Bonchev–Trinajstić information content (AvgIpc) is 2.48. The number of hydrogen-bond donors (Lipinski definition) is 3. The van der Waals surface area contributed by atoms with E-state index in [-0.39, 0.29) is 5.91 Å². The third-order valence-corrected chi connectivity index (χ3v) is 3.20. The van der Waals surface area contributed by atoms with Gasteiger partial charge in [0.2, 0.25) is 0 Å². The molecule has 0 spiro atoms. The van der Waals surface area contributed by atoms with E-state index in [0.717, 1.165) is 11.3 Å². The van der Waals surface area contributed by atoms with Crippen LogP contribution in [-0.4, -0.2) is 11.0 Å². The van der Waals surface area contributed by atoms with E-state index in [9.17, 15) is 4.79 Å². The first kappa shape index (κ1) is 15.3. The molecule has 0 fully saturated rings. The standard InChI is InChI=1S/C15H14ClN3OS/c1-10-9-12(16)7-8-13(10)17-15(21)19-18-14(20)11-5-3-2-4-6-11/h2-9H,1H3,(H,18,20)(H2,17,19,21). The molecule has 6 heteroatoms. The van der Waals surface area contributed by atoms with Gasteiger partial charge in [-0.25, -0.2) is 0 Å². The number of nitrogens with one attached hydrogen (secondary N) is 3. The summed E-state index contributed by atoms with van der Waals surface area (Å²) in [5, 5.41) is 3.95. The SMILES string of the molecule is Cc1cc(Cl)ccc1NC(=S)NNC(=O)c1ccccc1. The van der Waals surface area contributed by atoms with Crippen LogP contribution in [0, 0.1) is 6.92 Å². The predicted octanol–water partition coefficient (Wildman–Crippen LogP) is 3.28. The Bertz CT molecular complexity index is 661. The fourth-order valence-electron chi connectivity index (χ4n) is 1.70. The number of carbonyl (C=O) groups is 1. The molecule has 0 saturated heterocycles. The second-order valence-electron chi connectivity index (χ2n) is 4.36. The molecule has 2 aromatic carbocycles. The zero-order valence-electron chi connectivity index (χ0n) is 11.3. The molecule has 4 nitrogen and oxygen atoms in total. The first-order valence-electron chi connectivity index (χ1n) is 6.25. The molecule has 0 unspecified atom stereocenters.